The third kappa shape index (κ3) is 5.13. The minimum Gasteiger partial charge on any atom is -0.493 e. The third-order valence-electron chi connectivity index (χ3n) is 3.87. The maximum Gasteiger partial charge on any atom is 0.309 e. The number of amides is 2. The van der Waals surface area contributed by atoms with Crippen molar-refractivity contribution in [2.24, 2.45) is 0 Å². The predicted octanol–water partition coefficient (Wildman–Crippen LogP) is 0.658. The second-order valence-corrected chi connectivity index (χ2v) is 5.54. The summed E-state index contributed by atoms with van der Waals surface area (Å²) in [5, 5.41) is 5.20. The fourth-order valence-corrected chi connectivity index (χ4v) is 2.53. The summed E-state index contributed by atoms with van der Waals surface area (Å²) in [5.74, 6) is 0.0284. The highest BCUT2D eigenvalue weighted by molar-refractivity contribution is 6.35. The Morgan fingerprint density at radius 2 is 1.92 bits per heavy atom. The second-order valence-electron chi connectivity index (χ2n) is 5.54. The Hall–Kier alpha value is -2.28. The molecule has 2 amide bonds. The average Bonchev–Trinajstić information content (AvgIpc) is 3.12. The molecule has 0 saturated carbocycles. The lowest BCUT2D eigenvalue weighted by atomic mass is 10.1. The first kappa shape index (κ1) is 18.1. The summed E-state index contributed by atoms with van der Waals surface area (Å²) in [7, 11) is 3.15. The van der Waals surface area contributed by atoms with Crippen LogP contribution in [0.4, 0.5) is 0 Å². The van der Waals surface area contributed by atoms with E-state index in [-0.39, 0.29) is 6.10 Å². The quantitative estimate of drug-likeness (QED) is 0.715. The number of hydrogen-bond acceptors (Lipinski definition) is 5. The summed E-state index contributed by atoms with van der Waals surface area (Å²) >= 11 is 0. The second kappa shape index (κ2) is 9.12. The Bertz CT molecular complexity index is 570. The first-order valence-corrected chi connectivity index (χ1v) is 8.02. The average molecular weight is 336 g/mol. The number of nitrogens with one attached hydrogen (secondary N) is 2. The molecule has 1 aliphatic rings. The van der Waals surface area contributed by atoms with E-state index in [0.717, 1.165) is 25.0 Å². The number of hydrogen-bond donors (Lipinski definition) is 2. The van der Waals surface area contributed by atoms with Crippen molar-refractivity contribution < 1.29 is 23.8 Å². The molecule has 132 valence electrons. The minimum absolute atomic E-state index is 0.0218. The van der Waals surface area contributed by atoms with Gasteiger partial charge in [0, 0.05) is 19.7 Å². The molecular weight excluding hydrogens is 312 g/mol. The molecule has 0 aromatic heterocycles. The molecule has 0 radical (unpaired) electrons. The molecule has 24 heavy (non-hydrogen) atoms. The Balaban J connectivity index is 1.72. The van der Waals surface area contributed by atoms with Gasteiger partial charge < -0.3 is 24.8 Å². The van der Waals surface area contributed by atoms with Gasteiger partial charge in [0.1, 0.15) is 0 Å². The maximum atomic E-state index is 11.8. The molecule has 0 aliphatic carbocycles. The molecule has 1 fully saturated rings. The highest BCUT2D eigenvalue weighted by Gasteiger charge is 2.19. The van der Waals surface area contributed by atoms with Crippen LogP contribution in [0.15, 0.2) is 18.2 Å². The van der Waals surface area contributed by atoms with Crippen LogP contribution in [0.5, 0.6) is 11.5 Å². The van der Waals surface area contributed by atoms with Gasteiger partial charge in [0.05, 0.1) is 20.3 Å². The van der Waals surface area contributed by atoms with E-state index in [1.807, 2.05) is 18.2 Å². The Morgan fingerprint density at radius 3 is 2.58 bits per heavy atom. The van der Waals surface area contributed by atoms with Gasteiger partial charge in [-0.25, -0.2) is 0 Å². The van der Waals surface area contributed by atoms with E-state index in [0.29, 0.717) is 31.0 Å². The lowest BCUT2D eigenvalue weighted by Gasteiger charge is -2.11. The summed E-state index contributed by atoms with van der Waals surface area (Å²) in [4.78, 5) is 23.5. The molecule has 7 nitrogen and oxygen atoms in total. The maximum absolute atomic E-state index is 11.8. The first-order valence-electron chi connectivity index (χ1n) is 8.02. The molecule has 0 unspecified atom stereocenters. The summed E-state index contributed by atoms with van der Waals surface area (Å²) in [6.07, 6.45) is 2.53. The third-order valence-corrected chi connectivity index (χ3v) is 3.87. The van der Waals surface area contributed by atoms with Gasteiger partial charge in [0.15, 0.2) is 11.5 Å². The standard InChI is InChI=1S/C17H24N2O5/c1-22-14-6-5-12(10-15(14)23-2)7-8-18-16(20)17(21)19-11-13-4-3-9-24-13/h5-6,10,13H,3-4,7-9,11H2,1-2H3,(H,18,20)(H,19,21)/t13-/m0/s1. The molecule has 7 heteroatoms. The van der Waals surface area contributed by atoms with Crippen LogP contribution in [0.2, 0.25) is 0 Å². The van der Waals surface area contributed by atoms with E-state index >= 15 is 0 Å². The molecule has 0 bridgehead atoms. The van der Waals surface area contributed by atoms with Gasteiger partial charge >= 0.3 is 11.8 Å². The highest BCUT2D eigenvalue weighted by Crippen LogP contribution is 2.27. The summed E-state index contributed by atoms with van der Waals surface area (Å²) in [6, 6.07) is 5.55. The normalized spacial score (nSPS) is 16.5. The monoisotopic (exact) mass is 336 g/mol. The Kier molecular flexibility index (Phi) is 6.87. The predicted molar refractivity (Wildman–Crippen MR) is 88.2 cm³/mol. The molecule has 2 N–H and O–H groups in total. The number of benzene rings is 1. The van der Waals surface area contributed by atoms with Gasteiger partial charge in [-0.3, -0.25) is 9.59 Å². The fourth-order valence-electron chi connectivity index (χ4n) is 2.53. The molecule has 0 spiro atoms. The molecule has 1 heterocycles. The molecule has 1 aromatic rings. The summed E-state index contributed by atoms with van der Waals surface area (Å²) < 4.78 is 15.8. The number of carbonyl (C=O) groups excluding carboxylic acids is 2. The van der Waals surface area contributed by atoms with Gasteiger partial charge in [0.2, 0.25) is 0 Å². The zero-order valence-corrected chi connectivity index (χ0v) is 14.1. The van der Waals surface area contributed by atoms with Gasteiger partial charge in [0.25, 0.3) is 0 Å². The minimum atomic E-state index is -0.631. The zero-order chi connectivity index (χ0) is 17.4. The van der Waals surface area contributed by atoms with Crippen LogP contribution in [-0.2, 0) is 20.7 Å². The number of carbonyl (C=O) groups is 2. The smallest absolute Gasteiger partial charge is 0.309 e. The van der Waals surface area contributed by atoms with Crippen molar-refractivity contribution in [2.45, 2.75) is 25.4 Å². The SMILES string of the molecule is COc1ccc(CCNC(=O)C(=O)NC[C@@H]2CCCO2)cc1OC. The van der Waals surface area contributed by atoms with Crippen molar-refractivity contribution in [3.8, 4) is 11.5 Å². The van der Waals surface area contributed by atoms with Gasteiger partial charge in [-0.15, -0.1) is 0 Å². The van der Waals surface area contributed by atoms with Gasteiger partial charge in [-0.2, -0.15) is 0 Å². The van der Waals surface area contributed by atoms with Gasteiger partial charge in [-0.1, -0.05) is 6.07 Å². The molecule has 1 aliphatic heterocycles. The van der Waals surface area contributed by atoms with Crippen LogP contribution in [0, 0.1) is 0 Å². The van der Waals surface area contributed by atoms with Crippen molar-refractivity contribution in [1.82, 2.24) is 10.6 Å². The van der Waals surface area contributed by atoms with Crippen molar-refractivity contribution in [1.29, 1.82) is 0 Å². The Morgan fingerprint density at radius 1 is 1.17 bits per heavy atom. The van der Waals surface area contributed by atoms with Crippen LogP contribution in [0.25, 0.3) is 0 Å². The topological polar surface area (TPSA) is 85.9 Å². The molecule has 1 saturated heterocycles. The van der Waals surface area contributed by atoms with Crippen molar-refractivity contribution >= 4 is 11.8 Å². The molecule has 2 rings (SSSR count). The Labute approximate surface area is 141 Å². The summed E-state index contributed by atoms with van der Waals surface area (Å²) in [5.41, 5.74) is 0.979. The number of methoxy groups -OCH3 is 2. The highest BCUT2D eigenvalue weighted by atomic mass is 16.5. The van der Waals surface area contributed by atoms with Crippen LogP contribution in [0.1, 0.15) is 18.4 Å². The van der Waals surface area contributed by atoms with Crippen molar-refractivity contribution in [3.63, 3.8) is 0 Å². The van der Waals surface area contributed by atoms with E-state index in [1.54, 1.807) is 14.2 Å². The van der Waals surface area contributed by atoms with Crippen molar-refractivity contribution in [3.05, 3.63) is 23.8 Å². The van der Waals surface area contributed by atoms with E-state index in [1.165, 1.54) is 0 Å². The van der Waals surface area contributed by atoms with Gasteiger partial charge in [-0.05, 0) is 37.0 Å². The zero-order valence-electron chi connectivity index (χ0n) is 14.1. The van der Waals surface area contributed by atoms with E-state index in [2.05, 4.69) is 10.6 Å². The van der Waals surface area contributed by atoms with E-state index in [9.17, 15) is 9.59 Å². The van der Waals surface area contributed by atoms with E-state index < -0.39 is 11.8 Å². The molecule has 1 atom stereocenters. The number of ether oxygens (including phenoxy) is 3. The van der Waals surface area contributed by atoms with Crippen LogP contribution in [0.3, 0.4) is 0 Å². The lowest BCUT2D eigenvalue weighted by molar-refractivity contribution is -0.139. The largest absolute Gasteiger partial charge is 0.493 e. The summed E-state index contributed by atoms with van der Waals surface area (Å²) in [6.45, 7) is 1.46. The van der Waals surface area contributed by atoms with Crippen LogP contribution >= 0.6 is 0 Å². The van der Waals surface area contributed by atoms with Crippen LogP contribution in [-0.4, -0.2) is 51.8 Å². The number of rotatable bonds is 7. The molecular formula is C17H24N2O5. The van der Waals surface area contributed by atoms with E-state index in [4.69, 9.17) is 14.2 Å². The fraction of sp³-hybridized carbons (Fsp3) is 0.529. The lowest BCUT2D eigenvalue weighted by Crippen LogP contribution is -2.43. The molecule has 1 aromatic carbocycles. The van der Waals surface area contributed by atoms with Crippen molar-refractivity contribution in [2.75, 3.05) is 33.9 Å². The van der Waals surface area contributed by atoms with Crippen LogP contribution < -0.4 is 20.1 Å². The first-order chi connectivity index (χ1) is 11.6.